The van der Waals surface area contributed by atoms with Crippen LogP contribution in [0.2, 0.25) is 0 Å². The van der Waals surface area contributed by atoms with E-state index in [0.29, 0.717) is 13.1 Å². The number of nitrogens with two attached hydrogens (primary N) is 1. The quantitative estimate of drug-likeness (QED) is 0.650. The third-order valence-corrected chi connectivity index (χ3v) is 4.34. The lowest BCUT2D eigenvalue weighted by molar-refractivity contribution is -0.122. The van der Waals surface area contributed by atoms with Crippen LogP contribution in [0, 0.1) is 5.92 Å². The normalized spacial score (nSPS) is 13.4. The van der Waals surface area contributed by atoms with Gasteiger partial charge in [0.15, 0.2) is 5.82 Å². The highest BCUT2D eigenvalue weighted by Crippen LogP contribution is 2.16. The number of sulfonamides is 1. The van der Waals surface area contributed by atoms with Crippen molar-refractivity contribution in [1.82, 2.24) is 19.8 Å². The van der Waals surface area contributed by atoms with E-state index in [2.05, 4.69) is 15.1 Å². The van der Waals surface area contributed by atoms with Gasteiger partial charge < -0.3 is 11.1 Å². The van der Waals surface area contributed by atoms with Gasteiger partial charge in [0, 0.05) is 19.3 Å². The summed E-state index contributed by atoms with van der Waals surface area (Å²) in [6.45, 7) is 8.20. The Kier molecular flexibility index (Phi) is 5.73. The van der Waals surface area contributed by atoms with Gasteiger partial charge in [-0.05, 0) is 19.8 Å². The van der Waals surface area contributed by atoms with Gasteiger partial charge in [0.1, 0.15) is 4.90 Å². The molecule has 1 rings (SSSR count). The Labute approximate surface area is 125 Å². The van der Waals surface area contributed by atoms with E-state index >= 15 is 0 Å². The molecule has 1 unspecified atom stereocenters. The van der Waals surface area contributed by atoms with E-state index in [1.807, 2.05) is 20.8 Å². The summed E-state index contributed by atoms with van der Waals surface area (Å²) in [5, 5.41) is 6.55. The maximum absolute atomic E-state index is 12.2. The summed E-state index contributed by atoms with van der Waals surface area (Å²) in [6, 6.07) is -0.891. The van der Waals surface area contributed by atoms with Gasteiger partial charge in [0.25, 0.3) is 0 Å². The van der Waals surface area contributed by atoms with Crippen LogP contribution < -0.4 is 15.8 Å². The molecular weight excluding hydrogens is 294 g/mol. The number of aryl methyl sites for hydroxylation is 1. The molecule has 0 radical (unpaired) electrons. The van der Waals surface area contributed by atoms with E-state index in [0.717, 1.165) is 0 Å². The number of nitrogen functional groups attached to an aromatic ring is 1. The first kappa shape index (κ1) is 17.4. The van der Waals surface area contributed by atoms with Crippen LogP contribution in [0.5, 0.6) is 0 Å². The number of carbonyl (C=O) groups is 1. The third kappa shape index (κ3) is 4.71. The summed E-state index contributed by atoms with van der Waals surface area (Å²) in [4.78, 5) is 11.7. The lowest BCUT2D eigenvalue weighted by Gasteiger charge is -2.15. The molecule has 1 atom stereocenters. The van der Waals surface area contributed by atoms with E-state index in [1.54, 1.807) is 0 Å². The molecule has 0 aliphatic rings. The highest BCUT2D eigenvalue weighted by atomic mass is 32.2. The molecule has 8 nitrogen and oxygen atoms in total. The van der Waals surface area contributed by atoms with Crippen LogP contribution in [0.4, 0.5) is 5.82 Å². The average molecular weight is 317 g/mol. The van der Waals surface area contributed by atoms with Crippen LogP contribution in [-0.2, 0) is 21.4 Å². The van der Waals surface area contributed by atoms with Crippen LogP contribution in [0.1, 0.15) is 27.7 Å². The fourth-order valence-corrected chi connectivity index (χ4v) is 2.87. The Morgan fingerprint density at radius 1 is 1.43 bits per heavy atom. The second-order valence-electron chi connectivity index (χ2n) is 5.22. The van der Waals surface area contributed by atoms with Crippen molar-refractivity contribution in [2.75, 3.05) is 12.3 Å². The van der Waals surface area contributed by atoms with Crippen molar-refractivity contribution in [1.29, 1.82) is 0 Å². The number of rotatable bonds is 7. The van der Waals surface area contributed by atoms with E-state index in [-0.39, 0.29) is 22.5 Å². The molecule has 0 saturated carbocycles. The van der Waals surface area contributed by atoms with Crippen LogP contribution in [0.15, 0.2) is 11.1 Å². The number of anilines is 1. The Bertz CT molecular complexity index is 594. The lowest BCUT2D eigenvalue weighted by Crippen LogP contribution is -2.45. The average Bonchev–Trinajstić information content (AvgIpc) is 2.77. The first-order valence-corrected chi connectivity index (χ1v) is 8.28. The van der Waals surface area contributed by atoms with Crippen LogP contribution in [-0.4, -0.2) is 36.7 Å². The Morgan fingerprint density at radius 3 is 2.52 bits per heavy atom. The molecule has 120 valence electrons. The van der Waals surface area contributed by atoms with Gasteiger partial charge >= 0.3 is 0 Å². The van der Waals surface area contributed by atoms with Crippen molar-refractivity contribution >= 4 is 21.7 Å². The van der Waals surface area contributed by atoms with Crippen molar-refractivity contribution in [2.24, 2.45) is 5.92 Å². The molecule has 0 aliphatic heterocycles. The minimum absolute atomic E-state index is 0.0841. The number of hydrogen-bond acceptors (Lipinski definition) is 5. The summed E-state index contributed by atoms with van der Waals surface area (Å²) >= 11 is 0. The number of nitrogens with one attached hydrogen (secondary N) is 2. The molecule has 9 heteroatoms. The third-order valence-electron chi connectivity index (χ3n) is 2.78. The van der Waals surface area contributed by atoms with E-state index in [4.69, 9.17) is 5.73 Å². The molecule has 0 fully saturated rings. The summed E-state index contributed by atoms with van der Waals surface area (Å²) in [6.07, 6.45) is 1.34. The zero-order valence-electron chi connectivity index (χ0n) is 12.8. The second-order valence-corrected chi connectivity index (χ2v) is 6.90. The molecule has 21 heavy (non-hydrogen) atoms. The van der Waals surface area contributed by atoms with Gasteiger partial charge in [-0.15, -0.1) is 0 Å². The first-order valence-electron chi connectivity index (χ1n) is 6.80. The highest BCUT2D eigenvalue weighted by molar-refractivity contribution is 7.89. The molecule has 4 N–H and O–H groups in total. The summed E-state index contributed by atoms with van der Waals surface area (Å²) in [7, 11) is -3.88. The summed E-state index contributed by atoms with van der Waals surface area (Å²) < 4.78 is 28.1. The molecule has 0 spiro atoms. The summed E-state index contributed by atoms with van der Waals surface area (Å²) in [5.41, 5.74) is 5.60. The van der Waals surface area contributed by atoms with Crippen molar-refractivity contribution in [3.63, 3.8) is 0 Å². The van der Waals surface area contributed by atoms with Crippen molar-refractivity contribution in [3.05, 3.63) is 6.20 Å². The predicted molar refractivity (Wildman–Crippen MR) is 79.9 cm³/mol. The van der Waals surface area contributed by atoms with E-state index in [1.165, 1.54) is 17.8 Å². The van der Waals surface area contributed by atoms with E-state index in [9.17, 15) is 13.2 Å². The minimum atomic E-state index is -3.88. The fraction of sp³-hybridized carbons (Fsp3) is 0.667. The molecule has 1 heterocycles. The molecule has 0 saturated heterocycles. The zero-order chi connectivity index (χ0) is 16.2. The van der Waals surface area contributed by atoms with E-state index < -0.39 is 16.1 Å². The number of hydrogen-bond donors (Lipinski definition) is 3. The van der Waals surface area contributed by atoms with Crippen molar-refractivity contribution in [3.8, 4) is 0 Å². The Morgan fingerprint density at radius 2 is 2.05 bits per heavy atom. The number of carbonyl (C=O) groups excluding carboxylic acids is 1. The molecule has 0 aliphatic carbocycles. The number of aromatic nitrogens is 2. The molecular formula is C12H23N5O3S. The topological polar surface area (TPSA) is 119 Å². The first-order chi connectivity index (χ1) is 9.67. The standard InChI is InChI=1S/C12H23N5O3S/c1-5-17-7-10(11(13)15-17)21(19,20)16-9(4)12(18)14-6-8(2)3/h7-9,16H,5-6H2,1-4H3,(H2,13,15)(H,14,18). The molecule has 0 bridgehead atoms. The Hall–Kier alpha value is -1.61. The second kappa shape index (κ2) is 6.90. The maximum atomic E-state index is 12.2. The molecule has 1 aromatic heterocycles. The van der Waals surface area contributed by atoms with Crippen LogP contribution in [0.3, 0.4) is 0 Å². The molecule has 1 aromatic rings. The predicted octanol–water partition coefficient (Wildman–Crippen LogP) is -0.0758. The largest absolute Gasteiger partial charge is 0.381 e. The maximum Gasteiger partial charge on any atom is 0.246 e. The number of nitrogens with zero attached hydrogens (tertiary/aromatic N) is 2. The lowest BCUT2D eigenvalue weighted by atomic mass is 10.2. The van der Waals surface area contributed by atoms with Gasteiger partial charge in [-0.25, -0.2) is 8.42 Å². The molecule has 1 amide bonds. The van der Waals surface area contributed by atoms with Gasteiger partial charge in [-0.2, -0.15) is 9.82 Å². The van der Waals surface area contributed by atoms with Crippen molar-refractivity contribution in [2.45, 2.75) is 45.2 Å². The van der Waals surface area contributed by atoms with Gasteiger partial charge in [0.2, 0.25) is 15.9 Å². The van der Waals surface area contributed by atoms with Crippen LogP contribution in [0.25, 0.3) is 0 Å². The van der Waals surface area contributed by atoms with Gasteiger partial charge in [-0.1, -0.05) is 13.8 Å². The SMILES string of the molecule is CCn1cc(S(=O)(=O)NC(C)C(=O)NCC(C)C)c(N)n1. The highest BCUT2D eigenvalue weighted by Gasteiger charge is 2.25. The summed E-state index contributed by atoms with van der Waals surface area (Å²) in [5.74, 6) is -0.177. The fourth-order valence-electron chi connectivity index (χ4n) is 1.59. The molecule has 0 aromatic carbocycles. The zero-order valence-corrected chi connectivity index (χ0v) is 13.6. The van der Waals surface area contributed by atoms with Crippen molar-refractivity contribution < 1.29 is 13.2 Å². The van der Waals surface area contributed by atoms with Gasteiger partial charge in [-0.3, -0.25) is 9.48 Å². The smallest absolute Gasteiger partial charge is 0.246 e. The Balaban J connectivity index is 2.79. The monoisotopic (exact) mass is 317 g/mol. The number of amides is 1. The minimum Gasteiger partial charge on any atom is -0.381 e. The van der Waals surface area contributed by atoms with Crippen LogP contribution >= 0.6 is 0 Å². The van der Waals surface area contributed by atoms with Gasteiger partial charge in [0.05, 0.1) is 6.04 Å².